The summed E-state index contributed by atoms with van der Waals surface area (Å²) in [4.78, 5) is 23.7. The zero-order chi connectivity index (χ0) is 16.8. The zero-order valence-corrected chi connectivity index (χ0v) is 13.7. The average Bonchev–Trinajstić information content (AvgIpc) is 2.84. The number of carbonyl (C=O) groups is 2. The first-order chi connectivity index (χ1) is 11.0. The Kier molecular flexibility index (Phi) is 5.76. The number of halogens is 1. The van der Waals surface area contributed by atoms with Gasteiger partial charge in [0.25, 0.3) is 5.91 Å². The highest BCUT2D eigenvalue weighted by Gasteiger charge is 2.13. The second-order valence-corrected chi connectivity index (χ2v) is 5.53. The third kappa shape index (κ3) is 4.82. The standard InChI is InChI=1S/C16H18ClN3O3/c1-10-14(11(2)23-20-10)9-15(21)18-7-8-19-16(22)12-3-5-13(17)6-4-12/h3-6H,7-9H2,1-2H3,(H,18,21)(H,19,22). The van der Waals surface area contributed by atoms with Gasteiger partial charge in [0.2, 0.25) is 5.91 Å². The van der Waals surface area contributed by atoms with Crippen molar-refractivity contribution in [2.45, 2.75) is 20.3 Å². The lowest BCUT2D eigenvalue weighted by atomic mass is 10.1. The van der Waals surface area contributed by atoms with Gasteiger partial charge in [0.1, 0.15) is 5.76 Å². The largest absolute Gasteiger partial charge is 0.361 e. The molecule has 1 aromatic carbocycles. The summed E-state index contributed by atoms with van der Waals surface area (Å²) in [5, 5.41) is 9.86. The summed E-state index contributed by atoms with van der Waals surface area (Å²) in [6, 6.07) is 6.60. The lowest BCUT2D eigenvalue weighted by molar-refractivity contribution is -0.120. The summed E-state index contributed by atoms with van der Waals surface area (Å²) in [6.07, 6.45) is 0.215. The van der Waals surface area contributed by atoms with Crippen molar-refractivity contribution in [1.82, 2.24) is 15.8 Å². The van der Waals surface area contributed by atoms with Crippen molar-refractivity contribution in [3.8, 4) is 0 Å². The lowest BCUT2D eigenvalue weighted by Gasteiger charge is -2.07. The number of benzene rings is 1. The molecule has 1 heterocycles. The number of nitrogens with one attached hydrogen (secondary N) is 2. The third-order valence-corrected chi connectivity index (χ3v) is 3.61. The molecular formula is C16H18ClN3O3. The highest BCUT2D eigenvalue weighted by molar-refractivity contribution is 6.30. The molecule has 122 valence electrons. The summed E-state index contributed by atoms with van der Waals surface area (Å²) in [7, 11) is 0. The molecule has 0 atom stereocenters. The average molecular weight is 336 g/mol. The van der Waals surface area contributed by atoms with Gasteiger partial charge >= 0.3 is 0 Å². The maximum Gasteiger partial charge on any atom is 0.251 e. The molecule has 0 bridgehead atoms. The van der Waals surface area contributed by atoms with Gasteiger partial charge in [-0.15, -0.1) is 0 Å². The molecule has 0 aliphatic heterocycles. The number of hydrogen-bond donors (Lipinski definition) is 2. The van der Waals surface area contributed by atoms with Crippen LogP contribution in [0.15, 0.2) is 28.8 Å². The van der Waals surface area contributed by atoms with E-state index < -0.39 is 0 Å². The molecule has 0 fully saturated rings. The number of amides is 2. The normalized spacial score (nSPS) is 10.4. The Morgan fingerprint density at radius 2 is 1.78 bits per heavy atom. The van der Waals surface area contributed by atoms with E-state index in [1.54, 1.807) is 38.1 Å². The van der Waals surface area contributed by atoms with E-state index in [9.17, 15) is 9.59 Å². The van der Waals surface area contributed by atoms with Gasteiger partial charge in [-0.2, -0.15) is 0 Å². The van der Waals surface area contributed by atoms with Crippen LogP contribution >= 0.6 is 11.6 Å². The predicted molar refractivity (Wildman–Crippen MR) is 86.5 cm³/mol. The quantitative estimate of drug-likeness (QED) is 0.791. The Labute approximate surface area is 139 Å². The molecular weight excluding hydrogens is 318 g/mol. The first-order valence-electron chi connectivity index (χ1n) is 7.19. The summed E-state index contributed by atoms with van der Waals surface area (Å²) in [5.41, 5.74) is 2.04. The van der Waals surface area contributed by atoms with Crippen LogP contribution in [0, 0.1) is 13.8 Å². The maximum absolute atomic E-state index is 11.9. The van der Waals surface area contributed by atoms with Gasteiger partial charge in [-0.1, -0.05) is 16.8 Å². The van der Waals surface area contributed by atoms with Crippen LogP contribution in [0.2, 0.25) is 5.02 Å². The Morgan fingerprint density at radius 1 is 1.13 bits per heavy atom. The molecule has 2 aromatic rings. The molecule has 0 saturated heterocycles. The minimum absolute atomic E-state index is 0.139. The van der Waals surface area contributed by atoms with E-state index in [-0.39, 0.29) is 18.2 Å². The summed E-state index contributed by atoms with van der Waals surface area (Å²) < 4.78 is 5.01. The van der Waals surface area contributed by atoms with Crippen LogP contribution in [0.5, 0.6) is 0 Å². The Balaban J connectivity index is 1.72. The zero-order valence-electron chi connectivity index (χ0n) is 13.0. The minimum Gasteiger partial charge on any atom is -0.361 e. The van der Waals surface area contributed by atoms with E-state index in [2.05, 4.69) is 15.8 Å². The summed E-state index contributed by atoms with van der Waals surface area (Å²) >= 11 is 5.77. The summed E-state index contributed by atoms with van der Waals surface area (Å²) in [6.45, 7) is 4.26. The van der Waals surface area contributed by atoms with Crippen molar-refractivity contribution in [3.05, 3.63) is 51.9 Å². The number of hydrogen-bond acceptors (Lipinski definition) is 4. The number of aryl methyl sites for hydroxylation is 2. The molecule has 0 spiro atoms. The van der Waals surface area contributed by atoms with Crippen molar-refractivity contribution < 1.29 is 14.1 Å². The number of nitrogens with zero attached hydrogens (tertiary/aromatic N) is 1. The molecule has 2 amide bonds. The van der Waals surface area contributed by atoms with Gasteiger partial charge in [-0.25, -0.2) is 0 Å². The molecule has 2 N–H and O–H groups in total. The smallest absolute Gasteiger partial charge is 0.251 e. The van der Waals surface area contributed by atoms with Gasteiger partial charge in [0.15, 0.2) is 0 Å². The van der Waals surface area contributed by atoms with E-state index in [1.165, 1.54) is 0 Å². The molecule has 0 saturated carbocycles. The van der Waals surface area contributed by atoms with Crippen LogP contribution < -0.4 is 10.6 Å². The minimum atomic E-state index is -0.207. The van der Waals surface area contributed by atoms with Crippen LogP contribution in [0.1, 0.15) is 27.4 Å². The summed E-state index contributed by atoms with van der Waals surface area (Å²) in [5.74, 6) is 0.301. The van der Waals surface area contributed by atoms with Crippen LogP contribution in [0.3, 0.4) is 0 Å². The first-order valence-corrected chi connectivity index (χ1v) is 7.57. The molecule has 6 nitrogen and oxygen atoms in total. The maximum atomic E-state index is 11.9. The number of rotatable bonds is 6. The number of aromatic nitrogens is 1. The van der Waals surface area contributed by atoms with Gasteiger partial charge < -0.3 is 15.2 Å². The number of carbonyl (C=O) groups excluding carboxylic acids is 2. The highest BCUT2D eigenvalue weighted by Crippen LogP contribution is 2.12. The van der Waals surface area contributed by atoms with Crippen LogP contribution in [-0.4, -0.2) is 30.1 Å². The Hall–Kier alpha value is -2.34. The van der Waals surface area contributed by atoms with Gasteiger partial charge in [0.05, 0.1) is 12.1 Å². The SMILES string of the molecule is Cc1noc(C)c1CC(=O)NCCNC(=O)c1ccc(Cl)cc1. The Bertz CT molecular complexity index is 676. The molecule has 23 heavy (non-hydrogen) atoms. The van der Waals surface area contributed by atoms with Crippen molar-refractivity contribution in [3.63, 3.8) is 0 Å². The van der Waals surface area contributed by atoms with Gasteiger partial charge in [-0.3, -0.25) is 9.59 Å². The molecule has 0 unspecified atom stereocenters. The lowest BCUT2D eigenvalue weighted by Crippen LogP contribution is -2.35. The fourth-order valence-corrected chi connectivity index (χ4v) is 2.18. The van der Waals surface area contributed by atoms with Crippen molar-refractivity contribution >= 4 is 23.4 Å². The van der Waals surface area contributed by atoms with Crippen LogP contribution in [-0.2, 0) is 11.2 Å². The van der Waals surface area contributed by atoms with Crippen LogP contribution in [0.25, 0.3) is 0 Å². The van der Waals surface area contributed by atoms with Crippen molar-refractivity contribution in [2.75, 3.05) is 13.1 Å². The topological polar surface area (TPSA) is 84.2 Å². The molecule has 7 heteroatoms. The molecule has 0 radical (unpaired) electrons. The monoisotopic (exact) mass is 335 g/mol. The molecule has 2 rings (SSSR count). The first kappa shape index (κ1) is 17.0. The van der Waals surface area contributed by atoms with E-state index in [0.29, 0.717) is 35.1 Å². The van der Waals surface area contributed by atoms with Gasteiger partial charge in [-0.05, 0) is 38.1 Å². The fourth-order valence-electron chi connectivity index (χ4n) is 2.06. The fraction of sp³-hybridized carbons (Fsp3) is 0.312. The van der Waals surface area contributed by atoms with Crippen LogP contribution in [0.4, 0.5) is 0 Å². The highest BCUT2D eigenvalue weighted by atomic mass is 35.5. The molecule has 0 aliphatic rings. The van der Waals surface area contributed by atoms with Crippen molar-refractivity contribution in [1.29, 1.82) is 0 Å². The molecule has 1 aromatic heterocycles. The predicted octanol–water partition coefficient (Wildman–Crippen LogP) is 2.03. The van der Waals surface area contributed by atoms with E-state index in [1.807, 2.05) is 0 Å². The van der Waals surface area contributed by atoms with Gasteiger partial charge in [0, 0.05) is 29.2 Å². The third-order valence-electron chi connectivity index (χ3n) is 3.36. The Morgan fingerprint density at radius 3 is 2.39 bits per heavy atom. The molecule has 0 aliphatic carbocycles. The van der Waals surface area contributed by atoms with E-state index in [0.717, 1.165) is 5.56 Å². The van der Waals surface area contributed by atoms with E-state index in [4.69, 9.17) is 16.1 Å². The van der Waals surface area contributed by atoms with Crippen molar-refractivity contribution in [2.24, 2.45) is 0 Å². The second-order valence-electron chi connectivity index (χ2n) is 5.09. The second kappa shape index (κ2) is 7.78. The van der Waals surface area contributed by atoms with E-state index >= 15 is 0 Å².